The Morgan fingerprint density at radius 1 is 1.50 bits per heavy atom. The summed E-state index contributed by atoms with van der Waals surface area (Å²) < 4.78 is 0. The van der Waals surface area contributed by atoms with Crippen molar-refractivity contribution in [3.05, 3.63) is 0 Å². The van der Waals surface area contributed by atoms with Crippen LogP contribution in [-0.2, 0) is 4.79 Å². The molecule has 1 rings (SSSR count). The molecule has 3 amide bonds. The summed E-state index contributed by atoms with van der Waals surface area (Å²) in [5.41, 5.74) is -1.70. The van der Waals surface area contributed by atoms with E-state index in [4.69, 9.17) is 0 Å². The number of amides is 3. The molecule has 5 nitrogen and oxygen atoms in total. The second-order valence-electron chi connectivity index (χ2n) is 3.37. The predicted molar refractivity (Wildman–Crippen MR) is 41.1 cm³/mol. The molecule has 0 bridgehead atoms. The molecule has 68 valence electrons. The van der Waals surface area contributed by atoms with Gasteiger partial charge in [-0.3, -0.25) is 10.1 Å². The molecular weight excluding hydrogens is 160 g/mol. The first-order valence-electron chi connectivity index (χ1n) is 3.80. The van der Waals surface area contributed by atoms with Gasteiger partial charge in [-0.15, -0.1) is 0 Å². The maximum absolute atomic E-state index is 11.0. The molecule has 0 aliphatic carbocycles. The Bertz CT molecular complexity index is 227. The lowest BCUT2D eigenvalue weighted by Crippen LogP contribution is -2.47. The van der Waals surface area contributed by atoms with E-state index in [1.54, 1.807) is 0 Å². The van der Waals surface area contributed by atoms with Crippen molar-refractivity contribution in [1.82, 2.24) is 10.6 Å². The number of rotatable bonds is 2. The van der Waals surface area contributed by atoms with Crippen molar-refractivity contribution in [2.24, 2.45) is 5.92 Å². The molecule has 1 aliphatic heterocycles. The lowest BCUT2D eigenvalue weighted by atomic mass is 10.0. The summed E-state index contributed by atoms with van der Waals surface area (Å²) in [7, 11) is 0. The third-order valence-corrected chi connectivity index (χ3v) is 1.63. The maximum atomic E-state index is 11.0. The monoisotopic (exact) mass is 172 g/mol. The van der Waals surface area contributed by atoms with E-state index in [1.807, 2.05) is 19.2 Å². The number of imide groups is 1. The lowest BCUT2D eigenvalue weighted by Gasteiger charge is -2.20. The standard InChI is InChI=1S/C7H12N2O3/c1-4(2)3-7(12)5(10)8-6(11)9-7/h4,12H,3H2,1-2H3,(H2,8,9,10,11). The molecule has 0 aromatic heterocycles. The van der Waals surface area contributed by atoms with E-state index in [0.29, 0.717) is 0 Å². The van der Waals surface area contributed by atoms with Crippen molar-refractivity contribution in [3.63, 3.8) is 0 Å². The topological polar surface area (TPSA) is 78.4 Å². The zero-order chi connectivity index (χ0) is 9.35. The van der Waals surface area contributed by atoms with Crippen molar-refractivity contribution in [2.75, 3.05) is 0 Å². The highest BCUT2D eigenvalue weighted by molar-refractivity contribution is 6.05. The second kappa shape index (κ2) is 2.75. The molecule has 0 spiro atoms. The molecule has 12 heavy (non-hydrogen) atoms. The first-order valence-corrected chi connectivity index (χ1v) is 3.80. The van der Waals surface area contributed by atoms with Gasteiger partial charge in [0.25, 0.3) is 5.91 Å². The SMILES string of the molecule is CC(C)CC1(O)NC(=O)NC1=O. The Morgan fingerprint density at radius 2 is 2.08 bits per heavy atom. The van der Waals surface area contributed by atoms with E-state index >= 15 is 0 Å². The van der Waals surface area contributed by atoms with E-state index in [1.165, 1.54) is 0 Å². The zero-order valence-electron chi connectivity index (χ0n) is 7.05. The summed E-state index contributed by atoms with van der Waals surface area (Å²) in [5.74, 6) is -0.527. The Kier molecular flexibility index (Phi) is 2.06. The van der Waals surface area contributed by atoms with Crippen molar-refractivity contribution >= 4 is 11.9 Å². The van der Waals surface area contributed by atoms with Gasteiger partial charge >= 0.3 is 6.03 Å². The largest absolute Gasteiger partial charge is 0.363 e. The molecule has 1 fully saturated rings. The van der Waals surface area contributed by atoms with Crippen molar-refractivity contribution in [1.29, 1.82) is 0 Å². The molecule has 1 aliphatic rings. The molecule has 0 saturated carbocycles. The summed E-state index contributed by atoms with van der Waals surface area (Å²) in [5, 5.41) is 13.7. The predicted octanol–water partition coefficient (Wildman–Crippen LogP) is -0.440. The molecule has 1 atom stereocenters. The first kappa shape index (κ1) is 8.99. The molecular formula is C7H12N2O3. The minimum atomic E-state index is -1.70. The Labute approximate surface area is 70.1 Å². The van der Waals surface area contributed by atoms with Gasteiger partial charge in [0.1, 0.15) is 0 Å². The van der Waals surface area contributed by atoms with E-state index in [0.717, 1.165) is 0 Å². The summed E-state index contributed by atoms with van der Waals surface area (Å²) in [6.07, 6.45) is 0.227. The van der Waals surface area contributed by atoms with Gasteiger partial charge in [-0.2, -0.15) is 0 Å². The molecule has 0 aromatic rings. The zero-order valence-corrected chi connectivity index (χ0v) is 7.05. The quantitative estimate of drug-likeness (QED) is 0.494. The van der Waals surface area contributed by atoms with Gasteiger partial charge in [0.2, 0.25) is 5.72 Å². The minimum Gasteiger partial charge on any atom is -0.363 e. The maximum Gasteiger partial charge on any atom is 0.324 e. The van der Waals surface area contributed by atoms with Crippen LogP contribution in [0.4, 0.5) is 4.79 Å². The van der Waals surface area contributed by atoms with Gasteiger partial charge in [-0.1, -0.05) is 13.8 Å². The number of nitrogens with one attached hydrogen (secondary N) is 2. The van der Waals surface area contributed by atoms with E-state index in [9.17, 15) is 14.7 Å². The van der Waals surface area contributed by atoms with Crippen LogP contribution < -0.4 is 10.6 Å². The van der Waals surface area contributed by atoms with Gasteiger partial charge in [0.15, 0.2) is 0 Å². The third kappa shape index (κ3) is 1.55. The highest BCUT2D eigenvalue weighted by Crippen LogP contribution is 2.16. The average Bonchev–Trinajstić information content (AvgIpc) is 2.04. The number of hydrogen-bond acceptors (Lipinski definition) is 3. The summed E-state index contributed by atoms with van der Waals surface area (Å²) in [4.78, 5) is 21.6. The molecule has 3 N–H and O–H groups in total. The highest BCUT2D eigenvalue weighted by Gasteiger charge is 2.44. The van der Waals surface area contributed by atoms with Gasteiger partial charge in [-0.05, 0) is 5.92 Å². The van der Waals surface area contributed by atoms with Crippen LogP contribution in [0, 0.1) is 5.92 Å². The van der Waals surface area contributed by atoms with Crippen LogP contribution in [0.5, 0.6) is 0 Å². The van der Waals surface area contributed by atoms with Crippen LogP contribution in [-0.4, -0.2) is 22.8 Å². The lowest BCUT2D eigenvalue weighted by molar-refractivity contribution is -0.138. The molecule has 1 heterocycles. The van der Waals surface area contributed by atoms with Crippen molar-refractivity contribution in [2.45, 2.75) is 26.0 Å². The smallest absolute Gasteiger partial charge is 0.324 e. The van der Waals surface area contributed by atoms with Gasteiger partial charge < -0.3 is 10.4 Å². The summed E-state index contributed by atoms with van der Waals surface area (Å²) in [6, 6.07) is -0.636. The van der Waals surface area contributed by atoms with E-state index in [-0.39, 0.29) is 12.3 Å². The van der Waals surface area contributed by atoms with Crippen LogP contribution in [0.3, 0.4) is 0 Å². The normalized spacial score (nSPS) is 29.0. The average molecular weight is 172 g/mol. The highest BCUT2D eigenvalue weighted by atomic mass is 16.3. The van der Waals surface area contributed by atoms with Gasteiger partial charge in [0, 0.05) is 6.42 Å². The molecule has 0 radical (unpaired) electrons. The Hall–Kier alpha value is -1.10. The molecule has 1 saturated heterocycles. The van der Waals surface area contributed by atoms with Crippen molar-refractivity contribution < 1.29 is 14.7 Å². The van der Waals surface area contributed by atoms with E-state index < -0.39 is 17.7 Å². The first-order chi connectivity index (χ1) is 5.44. The Balaban J connectivity index is 2.71. The molecule has 0 aromatic carbocycles. The Morgan fingerprint density at radius 3 is 2.42 bits per heavy atom. The van der Waals surface area contributed by atoms with Crippen molar-refractivity contribution in [3.8, 4) is 0 Å². The van der Waals surface area contributed by atoms with Crippen LogP contribution in [0.2, 0.25) is 0 Å². The van der Waals surface area contributed by atoms with Gasteiger partial charge in [0.05, 0.1) is 0 Å². The fraction of sp³-hybridized carbons (Fsp3) is 0.714. The number of urea groups is 1. The number of hydrogen-bond donors (Lipinski definition) is 3. The summed E-state index contributed by atoms with van der Waals surface area (Å²) >= 11 is 0. The third-order valence-electron chi connectivity index (χ3n) is 1.63. The fourth-order valence-electron chi connectivity index (χ4n) is 1.22. The fourth-order valence-corrected chi connectivity index (χ4v) is 1.22. The van der Waals surface area contributed by atoms with Gasteiger partial charge in [-0.25, -0.2) is 4.79 Å². The van der Waals surface area contributed by atoms with Crippen LogP contribution in [0.25, 0.3) is 0 Å². The van der Waals surface area contributed by atoms with E-state index in [2.05, 4.69) is 5.32 Å². The van der Waals surface area contributed by atoms with Crippen LogP contribution >= 0.6 is 0 Å². The second-order valence-corrected chi connectivity index (χ2v) is 3.37. The molecule has 5 heteroatoms. The number of aliphatic hydroxyl groups is 1. The minimum absolute atomic E-state index is 0.138. The summed E-state index contributed by atoms with van der Waals surface area (Å²) in [6.45, 7) is 3.71. The van der Waals surface area contributed by atoms with Crippen LogP contribution in [0.15, 0.2) is 0 Å². The number of carbonyl (C=O) groups is 2. The number of carbonyl (C=O) groups excluding carboxylic acids is 2. The molecule has 1 unspecified atom stereocenters. The van der Waals surface area contributed by atoms with Crippen LogP contribution in [0.1, 0.15) is 20.3 Å².